The second kappa shape index (κ2) is 7.04. The number of aliphatic carboxylic acids is 1. The van der Waals surface area contributed by atoms with Gasteiger partial charge < -0.3 is 10.0 Å². The first kappa shape index (κ1) is 16.5. The van der Waals surface area contributed by atoms with Gasteiger partial charge in [0.2, 0.25) is 0 Å². The summed E-state index contributed by atoms with van der Waals surface area (Å²) < 4.78 is 14.5. The molecule has 126 valence electrons. The Kier molecular flexibility index (Phi) is 4.84. The monoisotopic (exact) mass is 349 g/mol. The third kappa shape index (κ3) is 3.59. The first-order valence-corrected chi connectivity index (χ1v) is 8.62. The number of aromatic nitrogens is 2. The molecule has 0 saturated carbocycles. The Labute approximate surface area is 142 Å². The van der Waals surface area contributed by atoms with Crippen LogP contribution in [0.1, 0.15) is 16.9 Å². The predicted molar refractivity (Wildman–Crippen MR) is 87.9 cm³/mol. The fourth-order valence-electron chi connectivity index (χ4n) is 2.62. The van der Waals surface area contributed by atoms with Crippen molar-refractivity contribution in [2.75, 3.05) is 18.1 Å². The van der Waals surface area contributed by atoms with Gasteiger partial charge in [0.15, 0.2) is 5.69 Å². The molecule has 2 heterocycles. The normalized spacial score (nSPS) is 17.7. The molecule has 6 nitrogen and oxygen atoms in total. The van der Waals surface area contributed by atoms with Crippen molar-refractivity contribution in [1.29, 1.82) is 0 Å². The average molecular weight is 349 g/mol. The van der Waals surface area contributed by atoms with Gasteiger partial charge in [-0.2, -0.15) is 16.9 Å². The maximum atomic E-state index is 13.0. The van der Waals surface area contributed by atoms with E-state index in [9.17, 15) is 14.0 Å². The molecule has 0 radical (unpaired) electrons. The predicted octanol–water partition coefficient (Wildman–Crippen LogP) is 2.04. The van der Waals surface area contributed by atoms with E-state index in [1.165, 1.54) is 16.8 Å². The first-order chi connectivity index (χ1) is 11.5. The van der Waals surface area contributed by atoms with Crippen LogP contribution in [0.4, 0.5) is 4.39 Å². The maximum absolute atomic E-state index is 13.0. The van der Waals surface area contributed by atoms with E-state index in [-0.39, 0.29) is 29.9 Å². The third-order valence-corrected chi connectivity index (χ3v) is 4.89. The van der Waals surface area contributed by atoms with E-state index < -0.39 is 5.97 Å². The number of hydrogen-bond donors (Lipinski definition) is 1. The number of carboxylic acids is 1. The Morgan fingerprint density at radius 2 is 2.04 bits per heavy atom. The van der Waals surface area contributed by atoms with Crippen LogP contribution in [0.5, 0.6) is 0 Å². The Morgan fingerprint density at radius 1 is 1.29 bits per heavy atom. The number of nitrogens with zero attached hydrogens (tertiary/aromatic N) is 3. The highest BCUT2D eigenvalue weighted by molar-refractivity contribution is 7.99. The molecule has 1 aromatic heterocycles. The summed E-state index contributed by atoms with van der Waals surface area (Å²) in [7, 11) is 0. The molecule has 1 amide bonds. The molecule has 1 fully saturated rings. The fraction of sp³-hybridized carbons (Fsp3) is 0.312. The van der Waals surface area contributed by atoms with Gasteiger partial charge >= 0.3 is 5.97 Å². The second-order valence-corrected chi connectivity index (χ2v) is 6.60. The van der Waals surface area contributed by atoms with E-state index in [0.717, 1.165) is 5.75 Å². The summed E-state index contributed by atoms with van der Waals surface area (Å²) in [5.74, 6) is -0.152. The molecule has 1 atom stereocenters. The molecule has 0 spiro atoms. The van der Waals surface area contributed by atoms with Crippen molar-refractivity contribution in [2.45, 2.75) is 12.5 Å². The second-order valence-electron chi connectivity index (χ2n) is 5.45. The van der Waals surface area contributed by atoms with Crippen molar-refractivity contribution in [3.63, 3.8) is 0 Å². The van der Waals surface area contributed by atoms with E-state index in [1.807, 2.05) is 0 Å². The van der Waals surface area contributed by atoms with Gasteiger partial charge in [0, 0.05) is 24.2 Å². The van der Waals surface area contributed by atoms with Gasteiger partial charge in [0.1, 0.15) is 5.82 Å². The standard InChI is InChI=1S/C16H16FN3O3S/c17-11-1-3-12(4-2-11)20-6-5-14(18-20)16(23)19-7-8-24-10-13(19)9-15(21)22/h1-6,13H,7-10H2,(H,21,22). The minimum Gasteiger partial charge on any atom is -0.481 e. The summed E-state index contributed by atoms with van der Waals surface area (Å²) in [6, 6.07) is 7.05. The Bertz CT molecular complexity index is 747. The van der Waals surface area contributed by atoms with Gasteiger partial charge in [0.25, 0.3) is 5.91 Å². The summed E-state index contributed by atoms with van der Waals surface area (Å²) in [5.41, 5.74) is 0.897. The van der Waals surface area contributed by atoms with E-state index in [2.05, 4.69) is 5.10 Å². The molecule has 2 aromatic rings. The Hall–Kier alpha value is -2.35. The van der Waals surface area contributed by atoms with Crippen LogP contribution in [-0.4, -0.2) is 55.8 Å². The van der Waals surface area contributed by atoms with Gasteiger partial charge in [-0.25, -0.2) is 9.07 Å². The highest BCUT2D eigenvalue weighted by Gasteiger charge is 2.30. The van der Waals surface area contributed by atoms with Gasteiger partial charge in [-0.15, -0.1) is 0 Å². The van der Waals surface area contributed by atoms with E-state index in [0.29, 0.717) is 18.0 Å². The lowest BCUT2D eigenvalue weighted by Crippen LogP contribution is -2.47. The number of thioether (sulfide) groups is 1. The van der Waals surface area contributed by atoms with Crippen molar-refractivity contribution in [3.05, 3.63) is 48.0 Å². The van der Waals surface area contributed by atoms with Crippen molar-refractivity contribution >= 4 is 23.6 Å². The van der Waals surface area contributed by atoms with Crippen molar-refractivity contribution in [3.8, 4) is 5.69 Å². The molecule has 24 heavy (non-hydrogen) atoms. The average Bonchev–Trinajstić information content (AvgIpc) is 3.05. The zero-order valence-corrected chi connectivity index (χ0v) is 13.6. The number of carbonyl (C=O) groups is 2. The largest absolute Gasteiger partial charge is 0.481 e. The lowest BCUT2D eigenvalue weighted by atomic mass is 10.2. The first-order valence-electron chi connectivity index (χ1n) is 7.47. The van der Waals surface area contributed by atoms with Crippen LogP contribution in [0.15, 0.2) is 36.5 Å². The molecular formula is C16H16FN3O3S. The number of amides is 1. The number of hydrogen-bond acceptors (Lipinski definition) is 4. The molecule has 3 rings (SSSR count). The van der Waals surface area contributed by atoms with Crippen LogP contribution in [-0.2, 0) is 4.79 Å². The zero-order chi connectivity index (χ0) is 17.1. The molecule has 1 unspecified atom stereocenters. The lowest BCUT2D eigenvalue weighted by Gasteiger charge is -2.34. The third-order valence-electron chi connectivity index (χ3n) is 3.80. The molecule has 1 N–H and O–H groups in total. The highest BCUT2D eigenvalue weighted by atomic mass is 32.2. The maximum Gasteiger partial charge on any atom is 0.305 e. The molecule has 1 aliphatic heterocycles. The summed E-state index contributed by atoms with van der Waals surface area (Å²) >= 11 is 1.65. The quantitative estimate of drug-likeness (QED) is 0.914. The highest BCUT2D eigenvalue weighted by Crippen LogP contribution is 2.21. The van der Waals surface area contributed by atoms with Crippen LogP contribution < -0.4 is 0 Å². The van der Waals surface area contributed by atoms with Crippen LogP contribution >= 0.6 is 11.8 Å². The zero-order valence-electron chi connectivity index (χ0n) is 12.8. The van der Waals surface area contributed by atoms with Gasteiger partial charge in [-0.05, 0) is 30.3 Å². The minimum absolute atomic E-state index is 0.0720. The van der Waals surface area contributed by atoms with E-state index in [1.54, 1.807) is 41.1 Å². The van der Waals surface area contributed by atoms with Crippen molar-refractivity contribution in [1.82, 2.24) is 14.7 Å². The van der Waals surface area contributed by atoms with Crippen molar-refractivity contribution in [2.24, 2.45) is 0 Å². The molecule has 0 aliphatic carbocycles. The SMILES string of the molecule is O=C(O)CC1CSCCN1C(=O)c1ccn(-c2ccc(F)cc2)n1. The Morgan fingerprint density at radius 3 is 2.75 bits per heavy atom. The summed E-state index contributed by atoms with van der Waals surface area (Å²) in [5, 5.41) is 13.3. The smallest absolute Gasteiger partial charge is 0.305 e. The number of rotatable bonds is 4. The van der Waals surface area contributed by atoms with Gasteiger partial charge in [0.05, 0.1) is 18.2 Å². The topological polar surface area (TPSA) is 75.4 Å². The Balaban J connectivity index is 1.79. The van der Waals surface area contributed by atoms with Crippen LogP contribution in [0, 0.1) is 5.82 Å². The van der Waals surface area contributed by atoms with Gasteiger partial charge in [-0.1, -0.05) is 0 Å². The van der Waals surface area contributed by atoms with Crippen molar-refractivity contribution < 1.29 is 19.1 Å². The summed E-state index contributed by atoms with van der Waals surface area (Å²) in [6.07, 6.45) is 1.56. The number of carboxylic acid groups (broad SMARTS) is 1. The molecule has 1 saturated heterocycles. The van der Waals surface area contributed by atoms with Crippen LogP contribution in [0.25, 0.3) is 5.69 Å². The van der Waals surface area contributed by atoms with Crippen LogP contribution in [0.2, 0.25) is 0 Å². The van der Waals surface area contributed by atoms with Crippen LogP contribution in [0.3, 0.4) is 0 Å². The molecule has 8 heteroatoms. The summed E-state index contributed by atoms with van der Waals surface area (Å²) in [4.78, 5) is 25.3. The minimum atomic E-state index is -0.919. The lowest BCUT2D eigenvalue weighted by molar-refractivity contribution is -0.138. The number of benzene rings is 1. The van der Waals surface area contributed by atoms with Gasteiger partial charge in [-0.3, -0.25) is 9.59 Å². The summed E-state index contributed by atoms with van der Waals surface area (Å²) in [6.45, 7) is 0.505. The molecular weight excluding hydrogens is 333 g/mol. The van der Waals surface area contributed by atoms with E-state index in [4.69, 9.17) is 5.11 Å². The van der Waals surface area contributed by atoms with E-state index >= 15 is 0 Å². The number of halogens is 1. The molecule has 1 aliphatic rings. The fourth-order valence-corrected chi connectivity index (χ4v) is 3.68. The molecule has 1 aromatic carbocycles. The number of carbonyl (C=O) groups excluding carboxylic acids is 1. The molecule has 0 bridgehead atoms.